The van der Waals surface area contributed by atoms with Crippen molar-refractivity contribution in [2.45, 2.75) is 46.1 Å². The molecule has 1 amide bonds. The van der Waals surface area contributed by atoms with Gasteiger partial charge in [0.1, 0.15) is 6.10 Å². The van der Waals surface area contributed by atoms with Gasteiger partial charge in [-0.2, -0.15) is 0 Å². The molecule has 188 valence electrons. The quantitative estimate of drug-likeness (QED) is 0.246. The van der Waals surface area contributed by atoms with Gasteiger partial charge in [0.15, 0.2) is 5.78 Å². The summed E-state index contributed by atoms with van der Waals surface area (Å²) >= 11 is 0. The molecule has 2 aliphatic heterocycles. The van der Waals surface area contributed by atoms with Crippen LogP contribution in [-0.2, 0) is 46.8 Å². The van der Waals surface area contributed by atoms with E-state index < -0.39 is 38.1 Å². The van der Waals surface area contributed by atoms with Crippen molar-refractivity contribution in [2.24, 2.45) is 5.41 Å². The second-order valence-corrected chi connectivity index (χ2v) is 10.3. The Kier molecular flexibility index (Phi) is 9.99. The molecule has 33 heavy (non-hydrogen) atoms. The molecule has 2 saturated heterocycles. The predicted molar refractivity (Wildman–Crippen MR) is 114 cm³/mol. The molecule has 0 aliphatic carbocycles. The van der Waals surface area contributed by atoms with E-state index in [0.29, 0.717) is 26.2 Å². The fourth-order valence-corrected chi connectivity index (χ4v) is 4.96. The second kappa shape index (κ2) is 12.0. The Morgan fingerprint density at radius 2 is 1.73 bits per heavy atom. The molecule has 2 heterocycles. The third-order valence-electron chi connectivity index (χ3n) is 5.46. The van der Waals surface area contributed by atoms with Crippen molar-refractivity contribution in [2.75, 3.05) is 53.2 Å². The monoisotopic (exact) mass is 492 g/mol. The maximum Gasteiger partial charge on any atom is 0.478 e. The molecule has 2 aliphatic rings. The van der Waals surface area contributed by atoms with E-state index in [1.807, 2.05) is 4.90 Å². The van der Waals surface area contributed by atoms with Crippen molar-refractivity contribution in [1.82, 2.24) is 9.80 Å². The number of rotatable bonds is 10. The number of hydrogen-bond acceptors (Lipinski definition) is 11. The predicted octanol–water partition coefficient (Wildman–Crippen LogP) is 1.13. The fourth-order valence-electron chi connectivity index (χ4n) is 3.43. The molecule has 2 fully saturated rings. The third kappa shape index (κ3) is 8.46. The van der Waals surface area contributed by atoms with Crippen LogP contribution in [0.3, 0.4) is 0 Å². The molecule has 0 aromatic carbocycles. The number of amides is 1. The maximum absolute atomic E-state index is 12.8. The van der Waals surface area contributed by atoms with Crippen LogP contribution in [0.5, 0.6) is 0 Å². The topological polar surface area (TPSA) is 138 Å². The number of phosphoric ester groups is 1. The SMILES string of the molecule is COC(=O)CCCC(=O)[C@@H]1OP(=O)(OCOC(=O)CN2CCN(C(C)=O)CC2)OCC1(C)C. The number of methoxy groups -OCH3 is 1. The highest BCUT2D eigenvalue weighted by molar-refractivity contribution is 7.48. The number of phosphoric acid groups is 1. The van der Waals surface area contributed by atoms with Gasteiger partial charge in [-0.05, 0) is 6.42 Å². The second-order valence-electron chi connectivity index (χ2n) is 8.64. The highest BCUT2D eigenvalue weighted by Gasteiger charge is 2.48. The van der Waals surface area contributed by atoms with E-state index in [0.717, 1.165) is 0 Å². The number of nitrogens with zero attached hydrogens (tertiary/aromatic N) is 2. The molecule has 0 aromatic heterocycles. The minimum absolute atomic E-state index is 0.00451. The van der Waals surface area contributed by atoms with Crippen LogP contribution in [0.25, 0.3) is 0 Å². The number of hydrogen-bond donors (Lipinski definition) is 0. The van der Waals surface area contributed by atoms with Crippen molar-refractivity contribution in [3.05, 3.63) is 0 Å². The molecule has 2 atom stereocenters. The summed E-state index contributed by atoms with van der Waals surface area (Å²) in [7, 11) is -2.86. The smallest absolute Gasteiger partial charge is 0.469 e. The summed E-state index contributed by atoms with van der Waals surface area (Å²) < 4.78 is 38.1. The zero-order valence-corrected chi connectivity index (χ0v) is 20.5. The average molecular weight is 492 g/mol. The van der Waals surface area contributed by atoms with E-state index in [2.05, 4.69) is 4.74 Å². The van der Waals surface area contributed by atoms with Gasteiger partial charge in [-0.1, -0.05) is 13.8 Å². The summed E-state index contributed by atoms with van der Waals surface area (Å²) in [5.41, 5.74) is -0.766. The molecule has 0 N–H and O–H groups in total. The summed E-state index contributed by atoms with van der Waals surface area (Å²) in [5, 5.41) is 0. The molecule has 0 radical (unpaired) electrons. The first-order chi connectivity index (χ1) is 15.5. The first-order valence-electron chi connectivity index (χ1n) is 10.8. The van der Waals surface area contributed by atoms with Crippen molar-refractivity contribution in [3.63, 3.8) is 0 Å². The van der Waals surface area contributed by atoms with E-state index in [1.165, 1.54) is 14.0 Å². The number of ether oxygens (including phenoxy) is 2. The Morgan fingerprint density at radius 1 is 1.06 bits per heavy atom. The Bertz CT molecular complexity index is 779. The lowest BCUT2D eigenvalue weighted by Crippen LogP contribution is -2.49. The van der Waals surface area contributed by atoms with Crippen LogP contribution in [0, 0.1) is 5.41 Å². The average Bonchev–Trinajstić information content (AvgIpc) is 2.75. The van der Waals surface area contributed by atoms with E-state index >= 15 is 0 Å². The first-order valence-corrected chi connectivity index (χ1v) is 12.2. The van der Waals surface area contributed by atoms with Crippen LogP contribution in [0.2, 0.25) is 0 Å². The Hall–Kier alpha value is -1.85. The molecule has 12 nitrogen and oxygen atoms in total. The molecule has 13 heteroatoms. The van der Waals surface area contributed by atoms with Crippen molar-refractivity contribution in [3.8, 4) is 0 Å². The van der Waals surface area contributed by atoms with Crippen LogP contribution < -0.4 is 0 Å². The van der Waals surface area contributed by atoms with Gasteiger partial charge in [0.25, 0.3) is 0 Å². The maximum atomic E-state index is 12.8. The van der Waals surface area contributed by atoms with Gasteiger partial charge in [0.2, 0.25) is 12.7 Å². The van der Waals surface area contributed by atoms with Crippen molar-refractivity contribution < 1.29 is 46.8 Å². The number of piperazine rings is 1. The van der Waals surface area contributed by atoms with Gasteiger partial charge in [-0.15, -0.1) is 0 Å². The zero-order valence-electron chi connectivity index (χ0n) is 19.6. The molecule has 0 aromatic rings. The highest BCUT2D eigenvalue weighted by Crippen LogP contribution is 2.57. The van der Waals surface area contributed by atoms with Gasteiger partial charge in [-0.3, -0.25) is 33.1 Å². The first kappa shape index (κ1) is 27.4. The Morgan fingerprint density at radius 3 is 2.33 bits per heavy atom. The number of ketones is 1. The lowest BCUT2D eigenvalue weighted by atomic mass is 9.84. The van der Waals surface area contributed by atoms with E-state index in [9.17, 15) is 23.7 Å². The van der Waals surface area contributed by atoms with Crippen LogP contribution in [0.1, 0.15) is 40.0 Å². The molecular formula is C20H33N2O10P. The normalized spacial score (nSPS) is 25.3. The third-order valence-corrected chi connectivity index (χ3v) is 6.80. The summed E-state index contributed by atoms with van der Waals surface area (Å²) in [5.74, 6) is -1.36. The van der Waals surface area contributed by atoms with Crippen LogP contribution >= 0.6 is 7.82 Å². The molecular weight excluding hydrogens is 459 g/mol. The van der Waals surface area contributed by atoms with Gasteiger partial charge in [0.05, 0.1) is 20.3 Å². The fraction of sp³-hybridized carbons (Fsp3) is 0.800. The standard InChI is InChI=1S/C20H33N2O10P/c1-15(23)22-10-8-21(9-11-22)12-18(26)29-14-31-33(27)30-13-20(2,3)19(32-33)16(24)6-5-7-17(25)28-4/h19H,5-14H2,1-4H3/t19-,33?/m0/s1. The van der Waals surface area contributed by atoms with Gasteiger partial charge >= 0.3 is 19.8 Å². The zero-order chi connectivity index (χ0) is 24.6. The summed E-state index contributed by atoms with van der Waals surface area (Å²) in [4.78, 5) is 50.8. The number of carbonyl (C=O) groups is 4. The van der Waals surface area contributed by atoms with Crippen LogP contribution in [0.15, 0.2) is 0 Å². The van der Waals surface area contributed by atoms with E-state index in [4.69, 9.17) is 18.3 Å². The molecule has 0 bridgehead atoms. The van der Waals surface area contributed by atoms with Gasteiger partial charge in [0, 0.05) is 51.4 Å². The van der Waals surface area contributed by atoms with E-state index in [-0.39, 0.29) is 44.1 Å². The molecule has 2 rings (SSSR count). The summed E-state index contributed by atoms with van der Waals surface area (Å²) in [6, 6.07) is 0. The highest BCUT2D eigenvalue weighted by atomic mass is 31.2. The summed E-state index contributed by atoms with van der Waals surface area (Å²) in [6.07, 6.45) is -0.677. The minimum Gasteiger partial charge on any atom is -0.469 e. The van der Waals surface area contributed by atoms with Crippen molar-refractivity contribution in [1.29, 1.82) is 0 Å². The van der Waals surface area contributed by atoms with Crippen LogP contribution in [0.4, 0.5) is 0 Å². The number of carbonyl (C=O) groups excluding carboxylic acids is 4. The number of esters is 2. The van der Waals surface area contributed by atoms with Gasteiger partial charge in [-0.25, -0.2) is 9.09 Å². The Labute approximate surface area is 193 Å². The van der Waals surface area contributed by atoms with Crippen LogP contribution in [-0.4, -0.2) is 92.8 Å². The lowest BCUT2D eigenvalue weighted by Gasteiger charge is -2.39. The molecule has 0 spiro atoms. The minimum atomic E-state index is -4.13. The molecule has 1 unspecified atom stereocenters. The molecule has 0 saturated carbocycles. The van der Waals surface area contributed by atoms with E-state index in [1.54, 1.807) is 18.7 Å². The van der Waals surface area contributed by atoms with Gasteiger partial charge < -0.3 is 14.4 Å². The van der Waals surface area contributed by atoms with Crippen molar-refractivity contribution >= 4 is 31.5 Å². The largest absolute Gasteiger partial charge is 0.478 e. The number of Topliss-reactive ketones (excluding diaryl/α,β-unsaturated/α-hetero) is 1. The lowest BCUT2D eigenvalue weighted by molar-refractivity contribution is -0.157. The summed E-state index contributed by atoms with van der Waals surface area (Å²) in [6.45, 7) is 6.36. The Balaban J connectivity index is 1.78.